The number of aryl methyl sites for hydroxylation is 1. The molecule has 0 bridgehead atoms. The Labute approximate surface area is 119 Å². The summed E-state index contributed by atoms with van der Waals surface area (Å²) in [6.45, 7) is 3.21. The minimum atomic E-state index is -0.0373. The van der Waals surface area contributed by atoms with Crippen LogP contribution < -0.4 is 10.1 Å². The molecule has 3 heteroatoms. The van der Waals surface area contributed by atoms with E-state index in [-0.39, 0.29) is 5.91 Å². The summed E-state index contributed by atoms with van der Waals surface area (Å²) in [4.78, 5) is 11.8. The molecule has 0 saturated heterocycles. The van der Waals surface area contributed by atoms with E-state index >= 15 is 0 Å². The van der Waals surface area contributed by atoms with E-state index in [4.69, 9.17) is 4.74 Å². The van der Waals surface area contributed by atoms with Crippen molar-refractivity contribution in [2.75, 3.05) is 13.2 Å². The Morgan fingerprint density at radius 3 is 2.45 bits per heavy atom. The molecule has 1 N–H and O–H groups in total. The van der Waals surface area contributed by atoms with Crippen LogP contribution in [0.4, 0.5) is 0 Å². The van der Waals surface area contributed by atoms with Crippen molar-refractivity contribution >= 4 is 5.91 Å². The summed E-state index contributed by atoms with van der Waals surface area (Å²) in [6.07, 6.45) is 0.784. The third-order valence-corrected chi connectivity index (χ3v) is 2.93. The molecule has 0 aliphatic carbocycles. The zero-order valence-corrected chi connectivity index (χ0v) is 11.6. The lowest BCUT2D eigenvalue weighted by atomic mass is 10.1. The number of para-hydroxylation sites is 1. The molecule has 0 fully saturated rings. The van der Waals surface area contributed by atoms with Crippen LogP contribution in [0.15, 0.2) is 54.6 Å². The zero-order valence-electron chi connectivity index (χ0n) is 11.6. The molecule has 0 atom stereocenters. The van der Waals surface area contributed by atoms with Gasteiger partial charge in [0.2, 0.25) is 0 Å². The molecule has 0 spiro atoms. The van der Waals surface area contributed by atoms with Gasteiger partial charge in [-0.1, -0.05) is 35.9 Å². The summed E-state index contributed by atoms with van der Waals surface area (Å²) in [5.41, 5.74) is 1.84. The number of hydrogen-bond acceptors (Lipinski definition) is 2. The third-order valence-electron chi connectivity index (χ3n) is 2.93. The van der Waals surface area contributed by atoms with Gasteiger partial charge in [0, 0.05) is 12.1 Å². The molecule has 20 heavy (non-hydrogen) atoms. The van der Waals surface area contributed by atoms with Crippen LogP contribution in [-0.4, -0.2) is 19.1 Å². The number of hydrogen-bond donors (Lipinski definition) is 1. The molecular weight excluding hydrogens is 250 g/mol. The number of carbonyl (C=O) groups excluding carboxylic acids is 1. The average Bonchev–Trinajstić information content (AvgIpc) is 2.48. The molecule has 3 nitrogen and oxygen atoms in total. The SMILES string of the molecule is Cc1ccc(C(=O)NCCCOc2ccccc2)cc1. The molecule has 104 valence electrons. The largest absolute Gasteiger partial charge is 0.494 e. The topological polar surface area (TPSA) is 38.3 Å². The molecule has 0 heterocycles. The van der Waals surface area contributed by atoms with Gasteiger partial charge >= 0.3 is 0 Å². The maximum atomic E-state index is 11.8. The third kappa shape index (κ3) is 4.43. The van der Waals surface area contributed by atoms with Crippen LogP contribution in [0, 0.1) is 6.92 Å². The molecule has 0 aliphatic heterocycles. The fourth-order valence-electron chi connectivity index (χ4n) is 1.79. The second-order valence-corrected chi connectivity index (χ2v) is 4.64. The molecule has 2 rings (SSSR count). The van der Waals surface area contributed by atoms with Gasteiger partial charge in [-0.3, -0.25) is 4.79 Å². The summed E-state index contributed by atoms with van der Waals surface area (Å²) in [5.74, 6) is 0.821. The first-order chi connectivity index (χ1) is 9.75. The molecule has 0 aromatic heterocycles. The van der Waals surface area contributed by atoms with Gasteiger partial charge in [-0.05, 0) is 37.6 Å². The van der Waals surface area contributed by atoms with E-state index in [9.17, 15) is 4.79 Å². The first-order valence-electron chi connectivity index (χ1n) is 6.78. The summed E-state index contributed by atoms with van der Waals surface area (Å²) in [5, 5.41) is 2.89. The Bertz CT molecular complexity index is 535. The van der Waals surface area contributed by atoms with Crippen molar-refractivity contribution in [3.05, 3.63) is 65.7 Å². The van der Waals surface area contributed by atoms with Crippen LogP contribution in [0.5, 0.6) is 5.75 Å². The van der Waals surface area contributed by atoms with Crippen LogP contribution >= 0.6 is 0 Å². The highest BCUT2D eigenvalue weighted by Gasteiger charge is 2.03. The maximum absolute atomic E-state index is 11.8. The fraction of sp³-hybridized carbons (Fsp3) is 0.235. The van der Waals surface area contributed by atoms with E-state index in [1.54, 1.807) is 0 Å². The van der Waals surface area contributed by atoms with Gasteiger partial charge in [-0.2, -0.15) is 0 Å². The lowest BCUT2D eigenvalue weighted by molar-refractivity contribution is 0.0951. The van der Waals surface area contributed by atoms with Gasteiger partial charge in [0.15, 0.2) is 0 Å². The summed E-state index contributed by atoms with van der Waals surface area (Å²) in [7, 11) is 0. The van der Waals surface area contributed by atoms with E-state index < -0.39 is 0 Å². The molecule has 0 aliphatic rings. The Morgan fingerprint density at radius 2 is 1.75 bits per heavy atom. The van der Waals surface area contributed by atoms with Gasteiger partial charge in [-0.15, -0.1) is 0 Å². The smallest absolute Gasteiger partial charge is 0.251 e. The van der Waals surface area contributed by atoms with E-state index in [1.165, 1.54) is 0 Å². The number of nitrogens with one attached hydrogen (secondary N) is 1. The van der Waals surface area contributed by atoms with Crippen LogP contribution in [0.2, 0.25) is 0 Å². The molecular formula is C17H19NO2. The Hall–Kier alpha value is -2.29. The van der Waals surface area contributed by atoms with Gasteiger partial charge in [0.05, 0.1) is 6.61 Å². The standard InChI is InChI=1S/C17H19NO2/c1-14-8-10-15(11-9-14)17(19)18-12-5-13-20-16-6-3-2-4-7-16/h2-4,6-11H,5,12-13H2,1H3,(H,18,19). The van der Waals surface area contributed by atoms with Crippen molar-refractivity contribution in [2.24, 2.45) is 0 Å². The second kappa shape index (κ2) is 7.34. The van der Waals surface area contributed by atoms with Crippen molar-refractivity contribution in [2.45, 2.75) is 13.3 Å². The highest BCUT2D eigenvalue weighted by molar-refractivity contribution is 5.94. The van der Waals surface area contributed by atoms with Crippen molar-refractivity contribution < 1.29 is 9.53 Å². The highest BCUT2D eigenvalue weighted by Crippen LogP contribution is 2.08. The van der Waals surface area contributed by atoms with Crippen molar-refractivity contribution in [1.29, 1.82) is 0 Å². The maximum Gasteiger partial charge on any atom is 0.251 e. The first kappa shape index (κ1) is 14.1. The van der Waals surface area contributed by atoms with E-state index in [2.05, 4.69) is 5.32 Å². The highest BCUT2D eigenvalue weighted by atomic mass is 16.5. The predicted octanol–water partition coefficient (Wildman–Crippen LogP) is 3.19. The second-order valence-electron chi connectivity index (χ2n) is 4.64. The van der Waals surface area contributed by atoms with Crippen LogP contribution in [0.3, 0.4) is 0 Å². The molecule has 1 amide bonds. The Balaban J connectivity index is 1.66. The van der Waals surface area contributed by atoms with E-state index in [1.807, 2.05) is 61.5 Å². The molecule has 0 radical (unpaired) electrons. The number of amides is 1. The minimum Gasteiger partial charge on any atom is -0.494 e. The first-order valence-corrected chi connectivity index (χ1v) is 6.78. The normalized spacial score (nSPS) is 10.1. The predicted molar refractivity (Wildman–Crippen MR) is 80.1 cm³/mol. The zero-order chi connectivity index (χ0) is 14.2. The van der Waals surface area contributed by atoms with Crippen LogP contribution in [-0.2, 0) is 0 Å². The summed E-state index contributed by atoms with van der Waals surface area (Å²) >= 11 is 0. The molecule has 0 saturated carbocycles. The number of rotatable bonds is 6. The lowest BCUT2D eigenvalue weighted by Gasteiger charge is -2.07. The number of ether oxygens (including phenoxy) is 1. The van der Waals surface area contributed by atoms with Gasteiger partial charge in [-0.25, -0.2) is 0 Å². The van der Waals surface area contributed by atoms with E-state index in [0.717, 1.165) is 17.7 Å². The number of carbonyl (C=O) groups is 1. The molecule has 0 unspecified atom stereocenters. The monoisotopic (exact) mass is 269 g/mol. The lowest BCUT2D eigenvalue weighted by Crippen LogP contribution is -2.25. The minimum absolute atomic E-state index is 0.0373. The summed E-state index contributed by atoms with van der Waals surface area (Å²) in [6, 6.07) is 17.2. The van der Waals surface area contributed by atoms with E-state index in [0.29, 0.717) is 18.7 Å². The van der Waals surface area contributed by atoms with Crippen LogP contribution in [0.25, 0.3) is 0 Å². The van der Waals surface area contributed by atoms with Crippen molar-refractivity contribution in [3.63, 3.8) is 0 Å². The molecule has 2 aromatic rings. The number of benzene rings is 2. The van der Waals surface area contributed by atoms with Crippen LogP contribution in [0.1, 0.15) is 22.3 Å². The quantitative estimate of drug-likeness (QED) is 0.818. The van der Waals surface area contributed by atoms with Gasteiger partial charge in [0.25, 0.3) is 5.91 Å². The Morgan fingerprint density at radius 1 is 1.05 bits per heavy atom. The summed E-state index contributed by atoms with van der Waals surface area (Å²) < 4.78 is 5.56. The average molecular weight is 269 g/mol. The fourth-order valence-corrected chi connectivity index (χ4v) is 1.79. The van der Waals surface area contributed by atoms with Gasteiger partial charge < -0.3 is 10.1 Å². The van der Waals surface area contributed by atoms with Gasteiger partial charge in [0.1, 0.15) is 5.75 Å². The van der Waals surface area contributed by atoms with Crippen molar-refractivity contribution in [1.82, 2.24) is 5.32 Å². The van der Waals surface area contributed by atoms with Crippen molar-refractivity contribution in [3.8, 4) is 5.75 Å². The Kier molecular flexibility index (Phi) is 5.18. The molecule has 2 aromatic carbocycles.